The van der Waals surface area contributed by atoms with Gasteiger partial charge >= 0.3 is 0 Å². The minimum Gasteiger partial charge on any atom is -0.316 e. The van der Waals surface area contributed by atoms with Crippen LogP contribution in [0.4, 0.5) is 0 Å². The van der Waals surface area contributed by atoms with Gasteiger partial charge < -0.3 is 22.9 Å². The lowest BCUT2D eigenvalue weighted by Gasteiger charge is -2.35. The summed E-state index contributed by atoms with van der Waals surface area (Å²) in [5, 5.41) is 0. The molecule has 0 aromatic carbocycles. The standard InChI is InChI=1S/C8H20N4/c9-7(10)5-3-1-2-4-6(5)8(11)12/h5-8H,1-4,9-12H2. The Morgan fingerprint density at radius 1 is 0.750 bits per heavy atom. The zero-order valence-electron chi connectivity index (χ0n) is 7.45. The fourth-order valence-corrected chi connectivity index (χ4v) is 2.14. The van der Waals surface area contributed by atoms with E-state index in [0.717, 1.165) is 12.8 Å². The van der Waals surface area contributed by atoms with E-state index in [9.17, 15) is 0 Å². The summed E-state index contributed by atoms with van der Waals surface area (Å²) in [6, 6.07) is 0. The second-order valence-corrected chi connectivity index (χ2v) is 3.77. The van der Waals surface area contributed by atoms with Gasteiger partial charge in [0.2, 0.25) is 0 Å². The third-order valence-corrected chi connectivity index (χ3v) is 2.86. The summed E-state index contributed by atoms with van der Waals surface area (Å²) in [5.41, 5.74) is 22.6. The van der Waals surface area contributed by atoms with Crippen LogP contribution in [0.3, 0.4) is 0 Å². The quantitative estimate of drug-likeness (QED) is 0.413. The molecule has 4 nitrogen and oxygen atoms in total. The molecule has 0 amide bonds. The summed E-state index contributed by atoms with van der Waals surface area (Å²) in [6.07, 6.45) is 4.05. The molecule has 2 atom stereocenters. The maximum Gasteiger partial charge on any atom is 0.0553 e. The molecular formula is C8H20N4. The van der Waals surface area contributed by atoms with Crippen molar-refractivity contribution in [1.29, 1.82) is 0 Å². The first-order valence-electron chi connectivity index (χ1n) is 4.65. The van der Waals surface area contributed by atoms with E-state index in [1.165, 1.54) is 12.8 Å². The predicted octanol–water partition coefficient (Wildman–Crippen LogP) is -0.720. The molecule has 0 heterocycles. The van der Waals surface area contributed by atoms with Crippen molar-refractivity contribution < 1.29 is 0 Å². The highest BCUT2D eigenvalue weighted by Crippen LogP contribution is 2.31. The van der Waals surface area contributed by atoms with Gasteiger partial charge in [0.05, 0.1) is 12.3 Å². The van der Waals surface area contributed by atoms with Gasteiger partial charge in [-0.2, -0.15) is 0 Å². The third kappa shape index (κ3) is 2.17. The van der Waals surface area contributed by atoms with Gasteiger partial charge in [-0.3, -0.25) is 0 Å². The molecule has 0 radical (unpaired) electrons. The van der Waals surface area contributed by atoms with Gasteiger partial charge in [0.15, 0.2) is 0 Å². The minimum atomic E-state index is -0.259. The maximum atomic E-state index is 5.66. The molecule has 1 rings (SSSR count). The van der Waals surface area contributed by atoms with Gasteiger partial charge in [0, 0.05) is 0 Å². The predicted molar refractivity (Wildman–Crippen MR) is 49.8 cm³/mol. The number of rotatable bonds is 2. The monoisotopic (exact) mass is 172 g/mol. The van der Waals surface area contributed by atoms with E-state index < -0.39 is 0 Å². The van der Waals surface area contributed by atoms with E-state index in [0.29, 0.717) is 11.8 Å². The Kier molecular flexibility index (Phi) is 3.46. The highest BCUT2D eigenvalue weighted by Gasteiger charge is 2.30. The van der Waals surface area contributed by atoms with Crippen LogP contribution in [0.15, 0.2) is 0 Å². The van der Waals surface area contributed by atoms with Gasteiger partial charge in [-0.25, -0.2) is 0 Å². The van der Waals surface area contributed by atoms with E-state index in [1.54, 1.807) is 0 Å². The van der Waals surface area contributed by atoms with Gasteiger partial charge in [-0.1, -0.05) is 12.8 Å². The van der Waals surface area contributed by atoms with E-state index in [4.69, 9.17) is 22.9 Å². The normalized spacial score (nSPS) is 31.5. The molecule has 8 N–H and O–H groups in total. The topological polar surface area (TPSA) is 104 Å². The van der Waals surface area contributed by atoms with Crippen LogP contribution in [0.25, 0.3) is 0 Å². The molecule has 1 saturated carbocycles. The van der Waals surface area contributed by atoms with Crippen molar-refractivity contribution in [3.8, 4) is 0 Å². The molecule has 72 valence electrons. The average Bonchev–Trinajstić information content (AvgIpc) is 2.04. The number of hydrogen-bond acceptors (Lipinski definition) is 4. The largest absolute Gasteiger partial charge is 0.316 e. The number of hydrogen-bond donors (Lipinski definition) is 4. The van der Waals surface area contributed by atoms with Crippen molar-refractivity contribution in [3.63, 3.8) is 0 Å². The molecule has 0 aromatic heterocycles. The molecule has 0 bridgehead atoms. The lowest BCUT2D eigenvalue weighted by atomic mass is 9.76. The van der Waals surface area contributed by atoms with Crippen LogP contribution in [0.5, 0.6) is 0 Å². The van der Waals surface area contributed by atoms with Crippen molar-refractivity contribution in [2.45, 2.75) is 38.0 Å². The summed E-state index contributed by atoms with van der Waals surface area (Å²) in [5.74, 6) is 0.637. The van der Waals surface area contributed by atoms with Crippen LogP contribution in [0.1, 0.15) is 25.7 Å². The van der Waals surface area contributed by atoms with E-state index in [1.807, 2.05) is 0 Å². The van der Waals surface area contributed by atoms with E-state index in [2.05, 4.69) is 0 Å². The van der Waals surface area contributed by atoms with Crippen LogP contribution in [-0.4, -0.2) is 12.3 Å². The molecule has 4 heteroatoms. The van der Waals surface area contributed by atoms with Gasteiger partial charge in [-0.05, 0) is 24.7 Å². The van der Waals surface area contributed by atoms with Crippen LogP contribution in [0.2, 0.25) is 0 Å². The van der Waals surface area contributed by atoms with Crippen molar-refractivity contribution in [2.75, 3.05) is 0 Å². The zero-order valence-corrected chi connectivity index (χ0v) is 7.45. The van der Waals surface area contributed by atoms with Crippen LogP contribution in [-0.2, 0) is 0 Å². The zero-order chi connectivity index (χ0) is 9.14. The highest BCUT2D eigenvalue weighted by atomic mass is 14.9. The third-order valence-electron chi connectivity index (χ3n) is 2.86. The molecule has 1 fully saturated rings. The summed E-state index contributed by atoms with van der Waals surface area (Å²) in [4.78, 5) is 0. The fraction of sp³-hybridized carbons (Fsp3) is 1.00. The van der Waals surface area contributed by atoms with Crippen molar-refractivity contribution in [1.82, 2.24) is 0 Å². The van der Waals surface area contributed by atoms with Crippen molar-refractivity contribution >= 4 is 0 Å². The lowest BCUT2D eigenvalue weighted by Crippen LogP contribution is -2.51. The Labute approximate surface area is 73.6 Å². The van der Waals surface area contributed by atoms with Crippen LogP contribution in [0, 0.1) is 11.8 Å². The second-order valence-electron chi connectivity index (χ2n) is 3.77. The van der Waals surface area contributed by atoms with E-state index in [-0.39, 0.29) is 12.3 Å². The van der Waals surface area contributed by atoms with Crippen molar-refractivity contribution in [3.05, 3.63) is 0 Å². The Morgan fingerprint density at radius 3 is 1.33 bits per heavy atom. The van der Waals surface area contributed by atoms with Crippen molar-refractivity contribution in [2.24, 2.45) is 34.8 Å². The first-order valence-corrected chi connectivity index (χ1v) is 4.65. The first kappa shape index (κ1) is 9.92. The molecule has 1 aliphatic carbocycles. The molecule has 0 spiro atoms. The summed E-state index contributed by atoms with van der Waals surface area (Å²) in [6.45, 7) is 0. The Balaban J connectivity index is 2.54. The maximum absolute atomic E-state index is 5.66. The molecule has 0 aliphatic heterocycles. The summed E-state index contributed by atoms with van der Waals surface area (Å²) < 4.78 is 0. The minimum absolute atomic E-state index is 0.259. The molecule has 1 aliphatic rings. The van der Waals surface area contributed by atoms with Crippen LogP contribution < -0.4 is 22.9 Å². The molecule has 0 aromatic rings. The Morgan fingerprint density at radius 2 is 1.08 bits per heavy atom. The van der Waals surface area contributed by atoms with Gasteiger partial charge in [-0.15, -0.1) is 0 Å². The molecule has 12 heavy (non-hydrogen) atoms. The summed E-state index contributed by atoms with van der Waals surface area (Å²) >= 11 is 0. The Bertz CT molecular complexity index is 119. The summed E-state index contributed by atoms with van der Waals surface area (Å²) in [7, 11) is 0. The second kappa shape index (κ2) is 4.18. The van der Waals surface area contributed by atoms with Crippen LogP contribution >= 0.6 is 0 Å². The lowest BCUT2D eigenvalue weighted by molar-refractivity contribution is 0.175. The average molecular weight is 172 g/mol. The first-order chi connectivity index (χ1) is 5.63. The smallest absolute Gasteiger partial charge is 0.0553 e. The molecule has 0 saturated heterocycles. The van der Waals surface area contributed by atoms with E-state index >= 15 is 0 Å². The molecular weight excluding hydrogens is 152 g/mol. The van der Waals surface area contributed by atoms with Gasteiger partial charge in [0.1, 0.15) is 0 Å². The number of nitrogens with two attached hydrogens (primary N) is 4. The molecule has 2 unspecified atom stereocenters. The Hall–Kier alpha value is -0.160. The fourth-order valence-electron chi connectivity index (χ4n) is 2.14. The van der Waals surface area contributed by atoms with Gasteiger partial charge in [0.25, 0.3) is 0 Å². The SMILES string of the molecule is NC(N)C1CCCCC1C(N)N. The highest BCUT2D eigenvalue weighted by molar-refractivity contribution is 4.84.